The summed E-state index contributed by atoms with van der Waals surface area (Å²) in [6.07, 6.45) is 0.314. The number of amides is 1. The molecule has 1 aromatic carbocycles. The van der Waals surface area contributed by atoms with E-state index in [4.69, 9.17) is 0 Å². The SMILES string of the molecule is O=C1CC(CNS(=O)(=O)c2cccs2)CN1Cc1ccc(F)cc1. The minimum absolute atomic E-state index is 0.0142. The van der Waals surface area contributed by atoms with Gasteiger partial charge in [-0.2, -0.15) is 0 Å². The number of hydrogen-bond donors (Lipinski definition) is 1. The van der Waals surface area contributed by atoms with Gasteiger partial charge in [0.2, 0.25) is 15.9 Å². The van der Waals surface area contributed by atoms with Crippen LogP contribution in [-0.2, 0) is 21.4 Å². The largest absolute Gasteiger partial charge is 0.338 e. The van der Waals surface area contributed by atoms with Crippen molar-refractivity contribution < 1.29 is 17.6 Å². The second-order valence-electron chi connectivity index (χ2n) is 5.75. The highest BCUT2D eigenvalue weighted by Gasteiger charge is 2.30. The first-order valence-electron chi connectivity index (χ1n) is 7.49. The fourth-order valence-electron chi connectivity index (χ4n) is 2.67. The van der Waals surface area contributed by atoms with Crippen LogP contribution in [-0.4, -0.2) is 32.3 Å². The lowest BCUT2D eigenvalue weighted by molar-refractivity contribution is -0.128. The van der Waals surface area contributed by atoms with Gasteiger partial charge < -0.3 is 4.90 Å². The van der Waals surface area contributed by atoms with E-state index >= 15 is 0 Å². The Morgan fingerprint density at radius 2 is 2.00 bits per heavy atom. The van der Waals surface area contributed by atoms with Crippen molar-refractivity contribution in [3.05, 3.63) is 53.2 Å². The van der Waals surface area contributed by atoms with Crippen molar-refractivity contribution in [2.45, 2.75) is 17.2 Å². The van der Waals surface area contributed by atoms with Crippen LogP contribution < -0.4 is 4.72 Å². The minimum atomic E-state index is -3.51. The average molecular weight is 368 g/mol. The van der Waals surface area contributed by atoms with Gasteiger partial charge in [-0.3, -0.25) is 4.79 Å². The first-order valence-corrected chi connectivity index (χ1v) is 9.86. The number of sulfonamides is 1. The molecule has 0 aliphatic carbocycles. The summed E-state index contributed by atoms with van der Waals surface area (Å²) in [6.45, 7) is 1.13. The number of benzene rings is 1. The smallest absolute Gasteiger partial charge is 0.250 e. The molecule has 3 rings (SSSR count). The molecule has 1 N–H and O–H groups in total. The van der Waals surface area contributed by atoms with Crippen LogP contribution in [0.2, 0.25) is 0 Å². The van der Waals surface area contributed by atoms with E-state index in [-0.39, 0.29) is 28.4 Å². The third-order valence-corrected chi connectivity index (χ3v) is 6.72. The van der Waals surface area contributed by atoms with Gasteiger partial charge >= 0.3 is 0 Å². The highest BCUT2D eigenvalue weighted by Crippen LogP contribution is 2.21. The Hall–Kier alpha value is -1.77. The van der Waals surface area contributed by atoms with Gasteiger partial charge in [-0.1, -0.05) is 18.2 Å². The third kappa shape index (κ3) is 4.00. The summed E-state index contributed by atoms with van der Waals surface area (Å²) in [5.41, 5.74) is 0.851. The molecule has 1 unspecified atom stereocenters. The van der Waals surface area contributed by atoms with Gasteiger partial charge in [0.05, 0.1) is 0 Å². The molecule has 0 spiro atoms. The van der Waals surface area contributed by atoms with Crippen LogP contribution in [0.1, 0.15) is 12.0 Å². The standard InChI is InChI=1S/C16H17FN2O3S2/c17-14-5-3-12(4-6-14)10-19-11-13(8-15(19)20)9-18-24(21,22)16-2-1-7-23-16/h1-7,13,18H,8-11H2. The van der Waals surface area contributed by atoms with E-state index in [1.807, 2.05) is 0 Å². The molecule has 2 heterocycles. The first kappa shape index (κ1) is 17.1. The second kappa shape index (κ2) is 7.00. The lowest BCUT2D eigenvalue weighted by Crippen LogP contribution is -2.30. The summed E-state index contributed by atoms with van der Waals surface area (Å²) >= 11 is 1.16. The lowest BCUT2D eigenvalue weighted by atomic mass is 10.1. The van der Waals surface area contributed by atoms with Crippen molar-refractivity contribution in [1.29, 1.82) is 0 Å². The fraction of sp³-hybridized carbons (Fsp3) is 0.312. The highest BCUT2D eigenvalue weighted by molar-refractivity contribution is 7.91. The summed E-state index contributed by atoms with van der Waals surface area (Å²) < 4.78 is 40.0. The average Bonchev–Trinajstić information content (AvgIpc) is 3.19. The topological polar surface area (TPSA) is 66.5 Å². The van der Waals surface area contributed by atoms with E-state index in [2.05, 4.69) is 4.72 Å². The molecular weight excluding hydrogens is 351 g/mol. The zero-order chi connectivity index (χ0) is 17.2. The van der Waals surface area contributed by atoms with Crippen molar-refractivity contribution in [2.75, 3.05) is 13.1 Å². The Bertz CT molecular complexity index is 804. The number of thiophene rings is 1. The zero-order valence-electron chi connectivity index (χ0n) is 12.8. The van der Waals surface area contributed by atoms with E-state index < -0.39 is 10.0 Å². The van der Waals surface area contributed by atoms with Crippen LogP contribution in [0.15, 0.2) is 46.0 Å². The Balaban J connectivity index is 1.56. The second-order valence-corrected chi connectivity index (χ2v) is 8.70. The molecule has 5 nitrogen and oxygen atoms in total. The summed E-state index contributed by atoms with van der Waals surface area (Å²) in [5.74, 6) is -0.389. The predicted octanol–water partition coefficient (Wildman–Crippen LogP) is 2.21. The summed E-state index contributed by atoms with van der Waals surface area (Å²) in [5, 5.41) is 1.71. The van der Waals surface area contributed by atoms with Gasteiger partial charge in [0.15, 0.2) is 0 Å². The molecule has 2 aromatic rings. The van der Waals surface area contributed by atoms with Crippen LogP contribution in [0.5, 0.6) is 0 Å². The van der Waals surface area contributed by atoms with Gasteiger partial charge in [0, 0.05) is 26.1 Å². The molecular formula is C16H17FN2O3S2. The quantitative estimate of drug-likeness (QED) is 0.850. The molecule has 1 aliphatic rings. The zero-order valence-corrected chi connectivity index (χ0v) is 14.4. The monoisotopic (exact) mass is 368 g/mol. The summed E-state index contributed by atoms with van der Waals surface area (Å²) in [4.78, 5) is 13.8. The lowest BCUT2D eigenvalue weighted by Gasteiger charge is -2.17. The van der Waals surface area contributed by atoms with E-state index in [0.29, 0.717) is 19.5 Å². The number of likely N-dealkylation sites (tertiary alicyclic amines) is 1. The highest BCUT2D eigenvalue weighted by atomic mass is 32.2. The van der Waals surface area contributed by atoms with E-state index in [0.717, 1.165) is 16.9 Å². The van der Waals surface area contributed by atoms with Crippen LogP contribution in [0.3, 0.4) is 0 Å². The molecule has 1 fully saturated rings. The van der Waals surface area contributed by atoms with Crippen LogP contribution >= 0.6 is 11.3 Å². The van der Waals surface area contributed by atoms with Crippen LogP contribution in [0, 0.1) is 11.7 Å². The summed E-state index contributed by atoms with van der Waals surface area (Å²) in [7, 11) is -3.51. The molecule has 1 amide bonds. The fourth-order valence-corrected chi connectivity index (χ4v) is 4.82. The number of carbonyl (C=O) groups excluding carboxylic acids is 1. The number of nitrogens with one attached hydrogen (secondary N) is 1. The predicted molar refractivity (Wildman–Crippen MR) is 89.4 cm³/mol. The van der Waals surface area contributed by atoms with E-state index in [9.17, 15) is 17.6 Å². The third-order valence-electron chi connectivity index (χ3n) is 3.90. The molecule has 8 heteroatoms. The Morgan fingerprint density at radius 1 is 1.25 bits per heavy atom. The number of carbonyl (C=O) groups is 1. The van der Waals surface area contributed by atoms with Crippen molar-refractivity contribution >= 4 is 27.3 Å². The maximum absolute atomic E-state index is 12.9. The molecule has 24 heavy (non-hydrogen) atoms. The molecule has 1 saturated heterocycles. The molecule has 1 atom stereocenters. The van der Waals surface area contributed by atoms with Crippen molar-refractivity contribution in [3.63, 3.8) is 0 Å². The van der Waals surface area contributed by atoms with Gasteiger partial charge in [0.25, 0.3) is 0 Å². The van der Waals surface area contributed by atoms with Crippen molar-refractivity contribution in [1.82, 2.24) is 9.62 Å². The van der Waals surface area contributed by atoms with Gasteiger partial charge in [0.1, 0.15) is 10.0 Å². The minimum Gasteiger partial charge on any atom is -0.338 e. The molecule has 0 radical (unpaired) electrons. The first-order chi connectivity index (χ1) is 11.4. The maximum Gasteiger partial charge on any atom is 0.250 e. The van der Waals surface area contributed by atoms with Gasteiger partial charge in [-0.25, -0.2) is 17.5 Å². The molecule has 128 valence electrons. The van der Waals surface area contributed by atoms with Gasteiger partial charge in [-0.05, 0) is 35.1 Å². The van der Waals surface area contributed by atoms with Gasteiger partial charge in [-0.15, -0.1) is 11.3 Å². The molecule has 0 saturated carbocycles. The van der Waals surface area contributed by atoms with Crippen molar-refractivity contribution in [2.24, 2.45) is 5.92 Å². The normalized spacial score (nSPS) is 18.3. The Morgan fingerprint density at radius 3 is 2.67 bits per heavy atom. The van der Waals surface area contributed by atoms with E-state index in [1.54, 1.807) is 34.5 Å². The molecule has 1 aliphatic heterocycles. The number of rotatable bonds is 6. The van der Waals surface area contributed by atoms with E-state index in [1.165, 1.54) is 12.1 Å². The Kier molecular flexibility index (Phi) is 4.98. The van der Waals surface area contributed by atoms with Crippen LogP contribution in [0.25, 0.3) is 0 Å². The number of hydrogen-bond acceptors (Lipinski definition) is 4. The molecule has 0 bridgehead atoms. The van der Waals surface area contributed by atoms with Crippen LogP contribution in [0.4, 0.5) is 4.39 Å². The number of nitrogens with zero attached hydrogens (tertiary/aromatic N) is 1. The molecule has 1 aromatic heterocycles. The maximum atomic E-state index is 12.9. The van der Waals surface area contributed by atoms with Crippen molar-refractivity contribution in [3.8, 4) is 0 Å². The number of halogens is 1. The Labute approximate surface area is 144 Å². The summed E-state index contributed by atoms with van der Waals surface area (Å²) in [6, 6.07) is 9.26.